The topological polar surface area (TPSA) is 41.5 Å². The summed E-state index contributed by atoms with van der Waals surface area (Å²) in [7, 11) is 0. The highest BCUT2D eigenvalue weighted by atomic mass is 79.9. The second-order valence-corrected chi connectivity index (χ2v) is 5.99. The Hall–Kier alpha value is -0.580. The predicted octanol–water partition coefficient (Wildman–Crippen LogP) is 4.13. The normalized spacial score (nSPS) is 12.4. The van der Waals surface area contributed by atoms with E-state index in [2.05, 4.69) is 35.1 Å². The van der Waals surface area contributed by atoms with Gasteiger partial charge in [-0.15, -0.1) is 0 Å². The number of halogens is 1. The van der Waals surface area contributed by atoms with E-state index in [-0.39, 0.29) is 0 Å². The van der Waals surface area contributed by atoms with Crippen LogP contribution in [0.3, 0.4) is 0 Å². The summed E-state index contributed by atoms with van der Waals surface area (Å²) in [6.45, 7) is 5.89. The zero-order chi connectivity index (χ0) is 14.8. The highest BCUT2D eigenvalue weighted by molar-refractivity contribution is 9.10. The first kappa shape index (κ1) is 17.5. The maximum atomic E-state index is 9.84. The summed E-state index contributed by atoms with van der Waals surface area (Å²) in [6.07, 6.45) is 4.32. The van der Waals surface area contributed by atoms with Gasteiger partial charge in [0.1, 0.15) is 0 Å². The number of aliphatic hydroxyl groups is 1. The van der Waals surface area contributed by atoms with E-state index < -0.39 is 6.10 Å². The quantitative estimate of drug-likeness (QED) is 0.627. The van der Waals surface area contributed by atoms with E-state index in [9.17, 15) is 5.11 Å². The number of unbranched alkanes of at least 4 members (excludes halogenated alkanes) is 3. The van der Waals surface area contributed by atoms with Crippen molar-refractivity contribution in [3.63, 3.8) is 0 Å². The molecule has 114 valence electrons. The first-order valence-electron chi connectivity index (χ1n) is 7.39. The van der Waals surface area contributed by atoms with Crippen molar-refractivity contribution < 1.29 is 9.84 Å². The Bertz CT molecular complexity index is 385. The third-order valence-corrected chi connectivity index (χ3v) is 4.02. The summed E-state index contributed by atoms with van der Waals surface area (Å²) < 4.78 is 6.55. The lowest BCUT2D eigenvalue weighted by Gasteiger charge is -2.14. The van der Waals surface area contributed by atoms with Crippen molar-refractivity contribution >= 4 is 21.6 Å². The molecule has 0 amide bonds. The van der Waals surface area contributed by atoms with E-state index in [0.29, 0.717) is 13.2 Å². The molecule has 0 radical (unpaired) electrons. The molecule has 0 heterocycles. The van der Waals surface area contributed by atoms with Crippen LogP contribution in [0.4, 0.5) is 5.69 Å². The molecule has 1 aromatic rings. The molecule has 0 aliphatic carbocycles. The van der Waals surface area contributed by atoms with E-state index in [4.69, 9.17) is 4.74 Å². The lowest BCUT2D eigenvalue weighted by atomic mass is 10.2. The zero-order valence-electron chi connectivity index (χ0n) is 12.5. The number of hydrogen-bond donors (Lipinski definition) is 2. The van der Waals surface area contributed by atoms with Gasteiger partial charge in [0.25, 0.3) is 0 Å². The van der Waals surface area contributed by atoms with Crippen molar-refractivity contribution in [3.8, 4) is 0 Å². The minimum Gasteiger partial charge on any atom is -0.389 e. The van der Waals surface area contributed by atoms with Crippen LogP contribution in [0.1, 0.15) is 38.2 Å². The summed E-state index contributed by atoms with van der Waals surface area (Å²) >= 11 is 3.50. The Morgan fingerprint density at radius 2 is 2.10 bits per heavy atom. The van der Waals surface area contributed by atoms with Crippen LogP contribution in [0.2, 0.25) is 0 Å². The van der Waals surface area contributed by atoms with Crippen LogP contribution in [-0.2, 0) is 4.74 Å². The van der Waals surface area contributed by atoms with Crippen molar-refractivity contribution in [1.29, 1.82) is 0 Å². The van der Waals surface area contributed by atoms with E-state index in [1.807, 2.05) is 18.2 Å². The molecule has 0 spiro atoms. The van der Waals surface area contributed by atoms with Crippen molar-refractivity contribution in [2.24, 2.45) is 0 Å². The Kier molecular flexibility index (Phi) is 8.90. The van der Waals surface area contributed by atoms with Crippen molar-refractivity contribution in [3.05, 3.63) is 28.2 Å². The van der Waals surface area contributed by atoms with Crippen LogP contribution >= 0.6 is 15.9 Å². The number of nitrogens with one attached hydrogen (secondary N) is 1. The molecule has 1 aromatic carbocycles. The number of rotatable bonds is 10. The second kappa shape index (κ2) is 10.2. The summed E-state index contributed by atoms with van der Waals surface area (Å²) in [5, 5.41) is 13.1. The molecule has 3 nitrogen and oxygen atoms in total. The summed E-state index contributed by atoms with van der Waals surface area (Å²) in [5.74, 6) is 0. The van der Waals surface area contributed by atoms with Crippen LogP contribution in [0.5, 0.6) is 0 Å². The number of benzene rings is 1. The molecule has 0 aliphatic heterocycles. The molecule has 0 saturated carbocycles. The smallest absolute Gasteiger partial charge is 0.0945 e. The largest absolute Gasteiger partial charge is 0.389 e. The summed E-state index contributed by atoms with van der Waals surface area (Å²) in [5.41, 5.74) is 2.20. The molecular formula is C16H26BrNO2. The van der Waals surface area contributed by atoms with Gasteiger partial charge in [-0.1, -0.05) is 48.2 Å². The molecular weight excluding hydrogens is 318 g/mol. The Morgan fingerprint density at radius 3 is 2.80 bits per heavy atom. The van der Waals surface area contributed by atoms with Gasteiger partial charge in [0.2, 0.25) is 0 Å². The second-order valence-electron chi connectivity index (χ2n) is 5.13. The Morgan fingerprint density at radius 1 is 1.30 bits per heavy atom. The standard InChI is InChI=1S/C16H26BrNO2/c1-3-4-5-6-9-20-12-15(19)11-18-14-8-7-13(2)16(17)10-14/h7-8,10,15,18-19H,3-6,9,11-12H2,1-2H3. The van der Waals surface area contributed by atoms with Crippen LogP contribution in [-0.4, -0.2) is 31.0 Å². The first-order valence-corrected chi connectivity index (χ1v) is 8.18. The van der Waals surface area contributed by atoms with E-state index >= 15 is 0 Å². The fourth-order valence-corrected chi connectivity index (χ4v) is 2.23. The molecule has 20 heavy (non-hydrogen) atoms. The summed E-state index contributed by atoms with van der Waals surface area (Å²) in [4.78, 5) is 0. The first-order chi connectivity index (χ1) is 9.63. The van der Waals surface area contributed by atoms with Gasteiger partial charge < -0.3 is 15.2 Å². The fraction of sp³-hybridized carbons (Fsp3) is 0.625. The number of ether oxygens (including phenoxy) is 1. The molecule has 0 aromatic heterocycles. The highest BCUT2D eigenvalue weighted by Crippen LogP contribution is 2.20. The SMILES string of the molecule is CCCCCCOCC(O)CNc1ccc(C)c(Br)c1. The minimum atomic E-state index is -0.471. The molecule has 1 unspecified atom stereocenters. The van der Waals surface area contributed by atoms with Gasteiger partial charge in [0.05, 0.1) is 12.7 Å². The zero-order valence-corrected chi connectivity index (χ0v) is 14.1. The van der Waals surface area contributed by atoms with Crippen LogP contribution in [0, 0.1) is 6.92 Å². The van der Waals surface area contributed by atoms with Crippen LogP contribution in [0.25, 0.3) is 0 Å². The maximum absolute atomic E-state index is 9.84. The maximum Gasteiger partial charge on any atom is 0.0945 e. The van der Waals surface area contributed by atoms with Crippen molar-refractivity contribution in [2.75, 3.05) is 25.1 Å². The molecule has 1 atom stereocenters. The fourth-order valence-electron chi connectivity index (χ4n) is 1.85. The predicted molar refractivity (Wildman–Crippen MR) is 88.3 cm³/mol. The summed E-state index contributed by atoms with van der Waals surface area (Å²) in [6, 6.07) is 6.08. The van der Waals surface area contributed by atoms with Crippen molar-refractivity contribution in [1.82, 2.24) is 0 Å². The molecule has 0 bridgehead atoms. The van der Waals surface area contributed by atoms with E-state index in [0.717, 1.165) is 23.2 Å². The molecule has 0 aliphatic rings. The lowest BCUT2D eigenvalue weighted by Crippen LogP contribution is -2.25. The number of aliphatic hydroxyl groups excluding tert-OH is 1. The van der Waals surface area contributed by atoms with E-state index in [1.165, 1.54) is 24.8 Å². The lowest BCUT2D eigenvalue weighted by molar-refractivity contribution is 0.0417. The van der Waals surface area contributed by atoms with Gasteiger partial charge in [0.15, 0.2) is 0 Å². The van der Waals surface area contributed by atoms with E-state index in [1.54, 1.807) is 0 Å². The van der Waals surface area contributed by atoms with Crippen molar-refractivity contribution in [2.45, 2.75) is 45.6 Å². The van der Waals surface area contributed by atoms with Gasteiger partial charge in [-0.2, -0.15) is 0 Å². The number of anilines is 1. The van der Waals surface area contributed by atoms with Gasteiger partial charge in [-0.25, -0.2) is 0 Å². The van der Waals surface area contributed by atoms with Gasteiger partial charge >= 0.3 is 0 Å². The number of aryl methyl sites for hydroxylation is 1. The highest BCUT2D eigenvalue weighted by Gasteiger charge is 2.04. The van der Waals surface area contributed by atoms with Gasteiger partial charge in [-0.3, -0.25) is 0 Å². The minimum absolute atomic E-state index is 0.395. The monoisotopic (exact) mass is 343 g/mol. The van der Waals surface area contributed by atoms with Crippen LogP contribution in [0.15, 0.2) is 22.7 Å². The Labute approximate surface area is 130 Å². The van der Waals surface area contributed by atoms with Gasteiger partial charge in [-0.05, 0) is 31.0 Å². The number of hydrogen-bond acceptors (Lipinski definition) is 3. The third kappa shape index (κ3) is 7.27. The molecule has 0 fully saturated rings. The van der Waals surface area contributed by atoms with Gasteiger partial charge in [0, 0.05) is 23.3 Å². The molecule has 1 rings (SSSR count). The molecule has 0 saturated heterocycles. The average Bonchev–Trinajstić information content (AvgIpc) is 2.44. The average molecular weight is 344 g/mol. The Balaban J connectivity index is 2.13. The molecule has 4 heteroatoms. The third-order valence-electron chi connectivity index (χ3n) is 3.17. The molecule has 2 N–H and O–H groups in total. The van der Waals surface area contributed by atoms with Crippen LogP contribution < -0.4 is 5.32 Å².